The van der Waals surface area contributed by atoms with Gasteiger partial charge in [0.15, 0.2) is 5.16 Å². The zero-order valence-electron chi connectivity index (χ0n) is 12.2. The van der Waals surface area contributed by atoms with E-state index in [4.69, 9.17) is 0 Å². The van der Waals surface area contributed by atoms with Crippen molar-refractivity contribution in [3.05, 3.63) is 17.5 Å². The summed E-state index contributed by atoms with van der Waals surface area (Å²) in [5.74, 6) is 0. The van der Waals surface area contributed by atoms with Crippen LogP contribution in [0.2, 0.25) is 0 Å². The molecule has 18 heavy (non-hydrogen) atoms. The van der Waals surface area contributed by atoms with Gasteiger partial charge in [0.1, 0.15) is 0 Å². The molecular formula is C14H25N3S. The summed E-state index contributed by atoms with van der Waals surface area (Å²) in [5, 5.41) is 4.88. The second kappa shape index (κ2) is 7.74. The topological polar surface area (TPSA) is 37.8 Å². The molecule has 0 aliphatic carbocycles. The lowest BCUT2D eigenvalue weighted by Gasteiger charge is -2.24. The van der Waals surface area contributed by atoms with Crippen LogP contribution in [0.25, 0.3) is 0 Å². The third-order valence-corrected chi connectivity index (χ3v) is 4.40. The summed E-state index contributed by atoms with van der Waals surface area (Å²) in [6.07, 6.45) is 3.54. The lowest BCUT2D eigenvalue weighted by atomic mass is 10.1. The van der Waals surface area contributed by atoms with E-state index in [1.54, 1.807) is 11.8 Å². The molecule has 1 aromatic rings. The Morgan fingerprint density at radius 3 is 2.28 bits per heavy atom. The maximum Gasteiger partial charge on any atom is 0.188 e. The number of thioether (sulfide) groups is 1. The second-order valence-corrected chi connectivity index (χ2v) is 5.89. The quantitative estimate of drug-likeness (QED) is 0.607. The zero-order valence-corrected chi connectivity index (χ0v) is 13.0. The van der Waals surface area contributed by atoms with Gasteiger partial charge in [0.25, 0.3) is 0 Å². The van der Waals surface area contributed by atoms with Gasteiger partial charge in [-0.15, -0.1) is 0 Å². The third-order valence-electron chi connectivity index (χ3n) is 3.04. The van der Waals surface area contributed by atoms with Crippen molar-refractivity contribution in [1.29, 1.82) is 0 Å². The van der Waals surface area contributed by atoms with E-state index >= 15 is 0 Å². The molecular weight excluding hydrogens is 242 g/mol. The molecule has 1 aromatic heterocycles. The molecule has 1 N–H and O–H groups in total. The van der Waals surface area contributed by atoms with Crippen LogP contribution in [0.5, 0.6) is 0 Å². The summed E-state index contributed by atoms with van der Waals surface area (Å²) in [7, 11) is 2.05. The van der Waals surface area contributed by atoms with Crippen LogP contribution < -0.4 is 5.32 Å². The van der Waals surface area contributed by atoms with Crippen molar-refractivity contribution in [2.24, 2.45) is 0 Å². The minimum atomic E-state index is 0.536. The molecule has 0 radical (unpaired) electrons. The maximum atomic E-state index is 4.52. The molecule has 0 saturated heterocycles. The van der Waals surface area contributed by atoms with Crippen LogP contribution in [0.3, 0.4) is 0 Å². The van der Waals surface area contributed by atoms with Crippen LogP contribution in [-0.2, 0) is 0 Å². The Morgan fingerprint density at radius 2 is 1.83 bits per heavy atom. The highest BCUT2D eigenvalue weighted by Gasteiger charge is 2.20. The Labute approximate surface area is 115 Å². The van der Waals surface area contributed by atoms with E-state index in [2.05, 4.69) is 29.1 Å². The van der Waals surface area contributed by atoms with Gasteiger partial charge in [-0.1, -0.05) is 32.0 Å². The molecule has 0 aromatic carbocycles. The van der Waals surface area contributed by atoms with Gasteiger partial charge in [0, 0.05) is 22.7 Å². The normalized spacial score (nSPS) is 14.5. The van der Waals surface area contributed by atoms with Gasteiger partial charge in [-0.25, -0.2) is 9.97 Å². The summed E-state index contributed by atoms with van der Waals surface area (Å²) in [6.45, 7) is 8.53. The fourth-order valence-electron chi connectivity index (χ4n) is 2.16. The van der Waals surface area contributed by atoms with Gasteiger partial charge in [0.2, 0.25) is 0 Å². The maximum absolute atomic E-state index is 4.52. The third kappa shape index (κ3) is 4.58. The van der Waals surface area contributed by atoms with Crippen molar-refractivity contribution in [2.75, 3.05) is 7.05 Å². The van der Waals surface area contributed by atoms with Crippen LogP contribution in [0.1, 0.15) is 44.5 Å². The SMILES string of the molecule is CCCC(NC)C(CC)Sc1nc(C)cc(C)n1. The fraction of sp³-hybridized carbons (Fsp3) is 0.714. The smallest absolute Gasteiger partial charge is 0.188 e. The summed E-state index contributed by atoms with van der Waals surface area (Å²) < 4.78 is 0. The number of aromatic nitrogens is 2. The van der Waals surface area contributed by atoms with Crippen molar-refractivity contribution >= 4 is 11.8 Å². The minimum absolute atomic E-state index is 0.536. The Hall–Kier alpha value is -0.610. The minimum Gasteiger partial charge on any atom is -0.316 e. The van der Waals surface area contributed by atoms with Crippen LogP contribution in [-0.4, -0.2) is 28.3 Å². The highest BCUT2D eigenvalue weighted by Crippen LogP contribution is 2.26. The molecule has 2 atom stereocenters. The van der Waals surface area contributed by atoms with E-state index in [1.807, 2.05) is 27.0 Å². The largest absolute Gasteiger partial charge is 0.316 e. The van der Waals surface area contributed by atoms with Gasteiger partial charge >= 0.3 is 0 Å². The second-order valence-electron chi connectivity index (χ2n) is 4.68. The van der Waals surface area contributed by atoms with Gasteiger partial charge < -0.3 is 5.32 Å². The first-order valence-corrected chi connectivity index (χ1v) is 7.64. The Balaban J connectivity index is 2.77. The molecule has 0 aliphatic heterocycles. The summed E-state index contributed by atoms with van der Waals surface area (Å²) in [5.41, 5.74) is 2.10. The molecule has 4 heteroatoms. The summed E-state index contributed by atoms with van der Waals surface area (Å²) >= 11 is 1.80. The number of rotatable bonds is 7. The molecule has 0 saturated carbocycles. The predicted molar refractivity (Wildman–Crippen MR) is 79.2 cm³/mol. The number of hydrogen-bond acceptors (Lipinski definition) is 4. The van der Waals surface area contributed by atoms with E-state index in [0.717, 1.165) is 23.0 Å². The van der Waals surface area contributed by atoms with E-state index in [0.29, 0.717) is 11.3 Å². The van der Waals surface area contributed by atoms with E-state index in [1.165, 1.54) is 12.8 Å². The summed E-state index contributed by atoms with van der Waals surface area (Å²) in [4.78, 5) is 9.05. The highest BCUT2D eigenvalue weighted by molar-refractivity contribution is 7.99. The molecule has 0 spiro atoms. The molecule has 102 valence electrons. The van der Waals surface area contributed by atoms with E-state index in [9.17, 15) is 0 Å². The fourth-order valence-corrected chi connectivity index (χ4v) is 3.43. The van der Waals surface area contributed by atoms with Crippen LogP contribution >= 0.6 is 11.8 Å². The van der Waals surface area contributed by atoms with Gasteiger partial charge in [-0.05, 0) is 39.8 Å². The van der Waals surface area contributed by atoms with E-state index < -0.39 is 0 Å². The summed E-state index contributed by atoms with van der Waals surface area (Å²) in [6, 6.07) is 2.56. The van der Waals surface area contributed by atoms with Crippen molar-refractivity contribution in [3.63, 3.8) is 0 Å². The molecule has 0 aliphatic rings. The van der Waals surface area contributed by atoms with Crippen LogP contribution in [0.4, 0.5) is 0 Å². The Kier molecular flexibility index (Phi) is 6.65. The molecule has 0 amide bonds. The first-order chi connectivity index (χ1) is 8.60. The lowest BCUT2D eigenvalue weighted by molar-refractivity contribution is 0.489. The monoisotopic (exact) mass is 267 g/mol. The van der Waals surface area contributed by atoms with Crippen molar-refractivity contribution in [1.82, 2.24) is 15.3 Å². The Morgan fingerprint density at radius 1 is 1.22 bits per heavy atom. The average Bonchev–Trinajstić information content (AvgIpc) is 2.32. The Bertz CT molecular complexity index is 348. The first kappa shape index (κ1) is 15.4. The van der Waals surface area contributed by atoms with Crippen molar-refractivity contribution < 1.29 is 0 Å². The molecule has 1 rings (SSSR count). The molecule has 0 fully saturated rings. The number of aryl methyl sites for hydroxylation is 2. The number of hydrogen-bond donors (Lipinski definition) is 1. The predicted octanol–water partition coefficient (Wildman–Crippen LogP) is 3.35. The highest BCUT2D eigenvalue weighted by atomic mass is 32.2. The van der Waals surface area contributed by atoms with E-state index in [-0.39, 0.29) is 0 Å². The molecule has 1 heterocycles. The van der Waals surface area contributed by atoms with Gasteiger partial charge in [-0.2, -0.15) is 0 Å². The zero-order chi connectivity index (χ0) is 13.5. The van der Waals surface area contributed by atoms with Crippen LogP contribution in [0.15, 0.2) is 11.2 Å². The average molecular weight is 267 g/mol. The molecule has 0 bridgehead atoms. The first-order valence-electron chi connectivity index (χ1n) is 6.76. The van der Waals surface area contributed by atoms with Crippen LogP contribution in [0, 0.1) is 13.8 Å². The number of nitrogens with one attached hydrogen (secondary N) is 1. The molecule has 3 nitrogen and oxygen atoms in total. The van der Waals surface area contributed by atoms with Crippen molar-refractivity contribution in [3.8, 4) is 0 Å². The standard InChI is InChI=1S/C14H25N3S/c1-6-8-12(15-5)13(7-2)18-14-16-10(3)9-11(4)17-14/h9,12-13,15H,6-8H2,1-5H3. The van der Waals surface area contributed by atoms with Gasteiger partial charge in [-0.3, -0.25) is 0 Å². The van der Waals surface area contributed by atoms with Gasteiger partial charge in [0.05, 0.1) is 0 Å². The number of nitrogens with zero attached hydrogens (tertiary/aromatic N) is 2. The van der Waals surface area contributed by atoms with Crippen molar-refractivity contribution in [2.45, 2.75) is 63.4 Å². The molecule has 2 unspecified atom stereocenters. The lowest BCUT2D eigenvalue weighted by Crippen LogP contribution is -2.35.